The number of likely N-dealkylation sites (tertiary alicyclic amines) is 1. The highest BCUT2D eigenvalue weighted by atomic mass is 16.7. The first-order valence-corrected chi connectivity index (χ1v) is 9.14. The summed E-state index contributed by atoms with van der Waals surface area (Å²) in [7, 11) is 0. The molecule has 7 heteroatoms. The fourth-order valence-electron chi connectivity index (χ4n) is 3.84. The molecule has 0 N–H and O–H groups in total. The second-order valence-electron chi connectivity index (χ2n) is 6.83. The van der Waals surface area contributed by atoms with Gasteiger partial charge in [0.1, 0.15) is 12.4 Å². The molecule has 0 aliphatic carbocycles. The van der Waals surface area contributed by atoms with Crippen LogP contribution >= 0.6 is 0 Å². The predicted molar refractivity (Wildman–Crippen MR) is 95.8 cm³/mol. The average molecular weight is 357 g/mol. The van der Waals surface area contributed by atoms with E-state index in [0.717, 1.165) is 19.3 Å². The van der Waals surface area contributed by atoms with Gasteiger partial charge in [-0.25, -0.2) is 4.98 Å². The highest BCUT2D eigenvalue weighted by molar-refractivity contribution is 5.79. The van der Waals surface area contributed by atoms with E-state index in [0.29, 0.717) is 36.5 Å². The lowest BCUT2D eigenvalue weighted by atomic mass is 10.0. The highest BCUT2D eigenvalue weighted by Gasteiger charge is 2.36. The third kappa shape index (κ3) is 3.12. The van der Waals surface area contributed by atoms with E-state index in [-0.39, 0.29) is 30.3 Å². The minimum absolute atomic E-state index is 0.00821. The van der Waals surface area contributed by atoms with E-state index in [1.54, 1.807) is 13.0 Å². The molecule has 138 valence electrons. The number of carbonyl (C=O) groups is 1. The Morgan fingerprint density at radius 2 is 2.00 bits per heavy atom. The Kier molecular flexibility index (Phi) is 4.74. The Morgan fingerprint density at radius 3 is 2.81 bits per heavy atom. The van der Waals surface area contributed by atoms with Crippen LogP contribution in [0.25, 0.3) is 10.9 Å². The van der Waals surface area contributed by atoms with Gasteiger partial charge in [-0.05, 0) is 38.3 Å². The zero-order valence-corrected chi connectivity index (χ0v) is 14.9. The molecule has 2 aliphatic rings. The zero-order valence-electron chi connectivity index (χ0n) is 14.9. The molecule has 0 spiro atoms. The van der Waals surface area contributed by atoms with Crippen molar-refractivity contribution in [3.63, 3.8) is 0 Å². The molecule has 2 fully saturated rings. The first kappa shape index (κ1) is 17.2. The van der Waals surface area contributed by atoms with Crippen LogP contribution < -0.4 is 5.56 Å². The topological polar surface area (TPSA) is 73.7 Å². The number of aromatic nitrogens is 2. The van der Waals surface area contributed by atoms with E-state index >= 15 is 0 Å². The molecule has 1 amide bonds. The van der Waals surface area contributed by atoms with Crippen molar-refractivity contribution in [3.05, 3.63) is 40.4 Å². The number of aryl methyl sites for hydroxylation is 1. The number of piperidine rings is 1. The van der Waals surface area contributed by atoms with E-state index in [2.05, 4.69) is 4.98 Å². The molecule has 0 saturated carbocycles. The van der Waals surface area contributed by atoms with Gasteiger partial charge in [-0.2, -0.15) is 0 Å². The van der Waals surface area contributed by atoms with Gasteiger partial charge in [-0.15, -0.1) is 0 Å². The van der Waals surface area contributed by atoms with Crippen molar-refractivity contribution < 1.29 is 14.3 Å². The minimum atomic E-state index is -0.355. The summed E-state index contributed by atoms with van der Waals surface area (Å²) in [6.07, 6.45) is 2.51. The summed E-state index contributed by atoms with van der Waals surface area (Å²) in [5.74, 6) is 0.458. The minimum Gasteiger partial charge on any atom is -0.348 e. The molecule has 2 saturated heterocycles. The largest absolute Gasteiger partial charge is 0.348 e. The number of ether oxygens (including phenoxy) is 2. The number of hydrogen-bond acceptors (Lipinski definition) is 5. The maximum atomic E-state index is 13.0. The Balaban J connectivity index is 1.61. The Bertz CT molecular complexity index is 873. The Morgan fingerprint density at radius 1 is 1.23 bits per heavy atom. The van der Waals surface area contributed by atoms with Crippen molar-refractivity contribution in [2.45, 2.75) is 45.1 Å². The quantitative estimate of drug-likeness (QED) is 0.831. The number of hydrogen-bond donors (Lipinski definition) is 0. The smallest absolute Gasteiger partial charge is 0.261 e. The molecular weight excluding hydrogens is 334 g/mol. The maximum absolute atomic E-state index is 13.0. The van der Waals surface area contributed by atoms with Crippen LogP contribution in [-0.2, 0) is 20.8 Å². The lowest BCUT2D eigenvalue weighted by Crippen LogP contribution is -2.51. The zero-order chi connectivity index (χ0) is 18.1. The van der Waals surface area contributed by atoms with Gasteiger partial charge in [-0.3, -0.25) is 14.2 Å². The van der Waals surface area contributed by atoms with Crippen molar-refractivity contribution in [3.8, 4) is 0 Å². The highest BCUT2D eigenvalue weighted by Crippen LogP contribution is 2.24. The third-order valence-corrected chi connectivity index (χ3v) is 5.18. The molecule has 1 unspecified atom stereocenters. The van der Waals surface area contributed by atoms with E-state index < -0.39 is 0 Å². The number of para-hydroxylation sites is 1. The summed E-state index contributed by atoms with van der Waals surface area (Å²) in [6, 6.07) is 7.13. The van der Waals surface area contributed by atoms with Crippen molar-refractivity contribution >= 4 is 16.8 Å². The molecule has 1 atom stereocenters. The third-order valence-electron chi connectivity index (χ3n) is 5.18. The van der Waals surface area contributed by atoms with Crippen LogP contribution in [0.1, 0.15) is 25.1 Å². The van der Waals surface area contributed by atoms with Gasteiger partial charge >= 0.3 is 0 Å². The first-order valence-electron chi connectivity index (χ1n) is 9.14. The van der Waals surface area contributed by atoms with Crippen molar-refractivity contribution in [2.24, 2.45) is 0 Å². The van der Waals surface area contributed by atoms with E-state index in [1.807, 2.05) is 23.1 Å². The van der Waals surface area contributed by atoms with Gasteiger partial charge in [0.25, 0.3) is 5.56 Å². The number of amides is 1. The molecule has 26 heavy (non-hydrogen) atoms. The summed E-state index contributed by atoms with van der Waals surface area (Å²) in [5.41, 5.74) is 0.477. The number of carbonyl (C=O) groups excluding carboxylic acids is 1. The molecule has 0 radical (unpaired) electrons. The lowest BCUT2D eigenvalue weighted by Gasteiger charge is -2.38. The second-order valence-corrected chi connectivity index (χ2v) is 6.83. The van der Waals surface area contributed by atoms with Crippen LogP contribution in [0, 0.1) is 6.92 Å². The predicted octanol–water partition coefficient (Wildman–Crippen LogP) is 1.46. The molecule has 0 bridgehead atoms. The number of nitrogens with zero attached hydrogens (tertiary/aromatic N) is 3. The van der Waals surface area contributed by atoms with Crippen LogP contribution in [-0.4, -0.2) is 52.4 Å². The summed E-state index contributed by atoms with van der Waals surface area (Å²) in [5, 5.41) is 0.531. The van der Waals surface area contributed by atoms with E-state index in [1.165, 1.54) is 4.57 Å². The molecule has 3 heterocycles. The van der Waals surface area contributed by atoms with Gasteiger partial charge in [-0.1, -0.05) is 12.1 Å². The van der Waals surface area contributed by atoms with Crippen molar-refractivity contribution in [1.29, 1.82) is 0 Å². The van der Waals surface area contributed by atoms with Gasteiger partial charge in [0.2, 0.25) is 5.91 Å². The fraction of sp³-hybridized carbons (Fsp3) is 0.526. The lowest BCUT2D eigenvalue weighted by molar-refractivity contribution is -0.151. The molecule has 4 rings (SSSR count). The summed E-state index contributed by atoms with van der Waals surface area (Å²) < 4.78 is 12.7. The molecule has 1 aromatic carbocycles. The monoisotopic (exact) mass is 357 g/mol. The fourth-order valence-corrected chi connectivity index (χ4v) is 3.84. The second kappa shape index (κ2) is 7.17. The van der Waals surface area contributed by atoms with Crippen LogP contribution in [0.2, 0.25) is 0 Å². The Labute approximate surface area is 151 Å². The molecule has 2 aliphatic heterocycles. The molecule has 1 aromatic heterocycles. The number of benzene rings is 1. The summed E-state index contributed by atoms with van der Waals surface area (Å²) in [4.78, 5) is 32.1. The van der Waals surface area contributed by atoms with Crippen LogP contribution in [0.5, 0.6) is 0 Å². The first-order chi connectivity index (χ1) is 12.6. The number of fused-ring (bicyclic) bond motifs is 1. The van der Waals surface area contributed by atoms with Crippen LogP contribution in [0.3, 0.4) is 0 Å². The maximum Gasteiger partial charge on any atom is 0.261 e. The molecule has 2 aromatic rings. The number of rotatable bonds is 3. The van der Waals surface area contributed by atoms with Gasteiger partial charge in [0.15, 0.2) is 6.29 Å². The normalized spacial score (nSPS) is 21.4. The van der Waals surface area contributed by atoms with Crippen LogP contribution in [0.15, 0.2) is 29.1 Å². The van der Waals surface area contributed by atoms with Crippen LogP contribution in [0.4, 0.5) is 0 Å². The van der Waals surface area contributed by atoms with E-state index in [4.69, 9.17) is 9.47 Å². The van der Waals surface area contributed by atoms with E-state index in [9.17, 15) is 9.59 Å². The average Bonchev–Trinajstić information content (AvgIpc) is 3.19. The van der Waals surface area contributed by atoms with Crippen molar-refractivity contribution in [1.82, 2.24) is 14.5 Å². The summed E-state index contributed by atoms with van der Waals surface area (Å²) in [6.45, 7) is 3.55. The van der Waals surface area contributed by atoms with Gasteiger partial charge in [0.05, 0.1) is 30.2 Å². The van der Waals surface area contributed by atoms with Crippen molar-refractivity contribution in [2.75, 3.05) is 19.8 Å². The van der Waals surface area contributed by atoms with Gasteiger partial charge < -0.3 is 14.4 Å². The molecule has 7 nitrogen and oxygen atoms in total. The molecular formula is C19H23N3O4. The SMILES string of the molecule is Cc1nc2ccccc2c(=O)n1CC(=O)N1CCCCC1C1OCCO1. The standard InChI is InChI=1S/C19H23N3O4/c1-13-20-15-7-3-2-6-14(15)18(24)22(13)12-17(23)21-9-5-4-8-16(21)19-25-10-11-26-19/h2-3,6-7,16,19H,4-5,8-12H2,1H3. The van der Waals surface area contributed by atoms with Gasteiger partial charge in [0, 0.05) is 6.54 Å². The Hall–Kier alpha value is -2.25. The summed E-state index contributed by atoms with van der Waals surface area (Å²) >= 11 is 0.